The first-order valence-corrected chi connectivity index (χ1v) is 13.4. The third-order valence-electron chi connectivity index (χ3n) is 7.31. The molecule has 1 N–H and O–H groups in total. The maximum atomic E-state index is 15.2. The number of aliphatic hydroxyl groups is 1. The van der Waals surface area contributed by atoms with Gasteiger partial charge in [-0.25, -0.2) is 4.39 Å². The van der Waals surface area contributed by atoms with Gasteiger partial charge in [0.25, 0.3) is 11.7 Å². The number of hydrogen-bond donors (Lipinski definition) is 1. The molecule has 3 aromatic rings. The lowest BCUT2D eigenvalue weighted by Gasteiger charge is -2.38. The second-order valence-corrected chi connectivity index (χ2v) is 10.5. The predicted octanol–water partition coefficient (Wildman–Crippen LogP) is 6.78. The van der Waals surface area contributed by atoms with Crippen LogP contribution in [0.2, 0.25) is 10.0 Å². The van der Waals surface area contributed by atoms with Crippen molar-refractivity contribution in [3.8, 4) is 0 Å². The van der Waals surface area contributed by atoms with Gasteiger partial charge in [-0.05, 0) is 74.0 Å². The molecule has 196 valence electrons. The van der Waals surface area contributed by atoms with E-state index >= 15 is 4.39 Å². The summed E-state index contributed by atoms with van der Waals surface area (Å²) in [5.74, 6) is -2.55. The Balaban J connectivity index is 1.62. The number of benzene rings is 3. The molecule has 2 aliphatic rings. The minimum absolute atomic E-state index is 0.141. The van der Waals surface area contributed by atoms with E-state index in [2.05, 4.69) is 4.90 Å². The van der Waals surface area contributed by atoms with Crippen molar-refractivity contribution in [3.63, 3.8) is 0 Å². The minimum atomic E-state index is -1.09. The normalized spacial score (nSPS) is 20.6. The zero-order valence-electron chi connectivity index (χ0n) is 20.6. The fourth-order valence-electron chi connectivity index (χ4n) is 5.38. The maximum Gasteiger partial charge on any atom is 0.295 e. The molecule has 2 fully saturated rings. The molecule has 0 radical (unpaired) electrons. The lowest BCUT2D eigenvalue weighted by molar-refractivity contribution is -0.140. The van der Waals surface area contributed by atoms with Crippen LogP contribution in [0, 0.1) is 5.82 Å². The third kappa shape index (κ3) is 5.21. The lowest BCUT2D eigenvalue weighted by Crippen LogP contribution is -2.42. The Kier molecular flexibility index (Phi) is 7.84. The first-order valence-electron chi connectivity index (χ1n) is 12.6. The number of aliphatic hydroxyl groups excluding tert-OH is 1. The van der Waals surface area contributed by atoms with Crippen LogP contribution >= 0.6 is 23.2 Å². The zero-order chi connectivity index (χ0) is 26.8. The molecule has 1 amide bonds. The highest BCUT2D eigenvalue weighted by molar-refractivity contribution is 6.46. The quantitative estimate of drug-likeness (QED) is 0.208. The molecule has 0 unspecified atom stereocenters. The Morgan fingerprint density at radius 3 is 2.13 bits per heavy atom. The number of piperidine rings is 1. The highest BCUT2D eigenvalue weighted by Gasteiger charge is 2.48. The Morgan fingerprint density at radius 1 is 0.895 bits per heavy atom. The van der Waals surface area contributed by atoms with Gasteiger partial charge >= 0.3 is 0 Å². The van der Waals surface area contributed by atoms with Crippen molar-refractivity contribution in [1.29, 1.82) is 0 Å². The molecule has 3 aromatic carbocycles. The van der Waals surface area contributed by atoms with Crippen LogP contribution in [0.15, 0.2) is 78.4 Å². The fourth-order valence-corrected chi connectivity index (χ4v) is 5.64. The third-order valence-corrected chi connectivity index (χ3v) is 7.82. The van der Waals surface area contributed by atoms with Gasteiger partial charge in [-0.1, -0.05) is 60.0 Å². The van der Waals surface area contributed by atoms with Crippen molar-refractivity contribution < 1.29 is 19.1 Å². The number of nitrogens with zero attached hydrogens (tertiary/aromatic N) is 2. The van der Waals surface area contributed by atoms with Gasteiger partial charge in [0.05, 0.1) is 17.7 Å². The van der Waals surface area contributed by atoms with Crippen LogP contribution in [0.3, 0.4) is 0 Å². The molecule has 0 saturated carbocycles. The molecule has 5 nitrogen and oxygen atoms in total. The minimum Gasteiger partial charge on any atom is -0.507 e. The Hall–Kier alpha value is -3.19. The zero-order valence-corrected chi connectivity index (χ0v) is 22.1. The number of hydrogen-bond acceptors (Lipinski definition) is 4. The molecule has 2 heterocycles. The molecule has 0 bridgehead atoms. The van der Waals surface area contributed by atoms with Crippen LogP contribution in [-0.2, 0) is 9.59 Å². The first-order chi connectivity index (χ1) is 18.3. The fraction of sp³-hybridized carbons (Fsp3) is 0.267. The monoisotopic (exact) mass is 552 g/mol. The SMILES string of the molecule is O=C1C(=O)N(C[C@@H](c2ccc(Cl)cc2)N2CCCCC2)[C@H](c2ccccc2F)C1=C(O)c1ccc(Cl)cc1. The van der Waals surface area contributed by atoms with Crippen LogP contribution in [0.5, 0.6) is 0 Å². The number of amides is 1. The summed E-state index contributed by atoms with van der Waals surface area (Å²) in [4.78, 5) is 30.7. The van der Waals surface area contributed by atoms with E-state index in [1.807, 2.05) is 12.1 Å². The van der Waals surface area contributed by atoms with Gasteiger partial charge in [0, 0.05) is 27.7 Å². The van der Waals surface area contributed by atoms with Crippen LogP contribution < -0.4 is 0 Å². The molecule has 2 atom stereocenters. The average molecular weight is 553 g/mol. The van der Waals surface area contributed by atoms with Crippen LogP contribution in [-0.4, -0.2) is 46.2 Å². The molecule has 2 saturated heterocycles. The van der Waals surface area contributed by atoms with Gasteiger partial charge < -0.3 is 10.0 Å². The highest BCUT2D eigenvalue weighted by atomic mass is 35.5. The number of carbonyl (C=O) groups excluding carboxylic acids is 2. The highest BCUT2D eigenvalue weighted by Crippen LogP contribution is 2.42. The number of carbonyl (C=O) groups is 2. The predicted molar refractivity (Wildman–Crippen MR) is 146 cm³/mol. The van der Waals surface area contributed by atoms with Crippen molar-refractivity contribution in [2.24, 2.45) is 0 Å². The largest absolute Gasteiger partial charge is 0.507 e. The summed E-state index contributed by atoms with van der Waals surface area (Å²) >= 11 is 12.2. The van der Waals surface area contributed by atoms with E-state index in [1.54, 1.807) is 54.6 Å². The molecular weight excluding hydrogens is 526 g/mol. The van der Waals surface area contributed by atoms with E-state index in [1.165, 1.54) is 11.0 Å². The number of likely N-dealkylation sites (tertiary alicyclic amines) is 2. The Bertz CT molecular complexity index is 1370. The van der Waals surface area contributed by atoms with Gasteiger partial charge in [-0.3, -0.25) is 14.5 Å². The summed E-state index contributed by atoms with van der Waals surface area (Å²) in [6, 6.07) is 18.4. The summed E-state index contributed by atoms with van der Waals surface area (Å²) in [7, 11) is 0. The van der Waals surface area contributed by atoms with E-state index in [0.29, 0.717) is 15.6 Å². The van der Waals surface area contributed by atoms with Crippen LogP contribution in [0.1, 0.15) is 48.0 Å². The van der Waals surface area contributed by atoms with E-state index in [4.69, 9.17) is 23.2 Å². The van der Waals surface area contributed by atoms with Crippen molar-refractivity contribution in [2.75, 3.05) is 19.6 Å². The van der Waals surface area contributed by atoms with E-state index < -0.39 is 23.5 Å². The Labute approximate surface area is 231 Å². The standard InChI is InChI=1S/C30H27Cl2FN2O3/c31-21-12-8-19(9-13-21)25(34-16-4-1-5-17-34)18-35-27(23-6-2-3-7-24(23)33)26(29(37)30(35)38)28(36)20-10-14-22(32)15-11-20/h2-3,6-15,25,27,36H,1,4-5,16-18H2/t25-,27+/m0/s1. The van der Waals surface area contributed by atoms with Crippen LogP contribution in [0.25, 0.3) is 5.76 Å². The maximum absolute atomic E-state index is 15.2. The van der Waals surface area contributed by atoms with Crippen molar-refractivity contribution in [3.05, 3.63) is 111 Å². The number of ketones is 1. The van der Waals surface area contributed by atoms with E-state index in [-0.39, 0.29) is 29.5 Å². The Morgan fingerprint density at radius 2 is 1.50 bits per heavy atom. The van der Waals surface area contributed by atoms with Crippen molar-refractivity contribution in [2.45, 2.75) is 31.3 Å². The lowest BCUT2D eigenvalue weighted by atomic mass is 9.94. The summed E-state index contributed by atoms with van der Waals surface area (Å²) in [5, 5.41) is 12.3. The average Bonchev–Trinajstić information content (AvgIpc) is 3.18. The second kappa shape index (κ2) is 11.3. The molecule has 0 spiro atoms. The first kappa shape index (κ1) is 26.4. The smallest absolute Gasteiger partial charge is 0.295 e. The molecule has 2 aliphatic heterocycles. The molecule has 5 rings (SSSR count). The molecule has 38 heavy (non-hydrogen) atoms. The van der Waals surface area contributed by atoms with Gasteiger partial charge in [0.15, 0.2) is 0 Å². The molecular formula is C30H27Cl2FN2O3. The molecule has 0 aromatic heterocycles. The van der Waals surface area contributed by atoms with Crippen molar-refractivity contribution in [1.82, 2.24) is 9.80 Å². The number of halogens is 3. The number of rotatable bonds is 6. The van der Waals surface area contributed by atoms with Crippen molar-refractivity contribution >= 4 is 40.7 Å². The van der Waals surface area contributed by atoms with Crippen LogP contribution in [0.4, 0.5) is 4.39 Å². The second-order valence-electron chi connectivity index (χ2n) is 9.64. The molecule has 0 aliphatic carbocycles. The number of Topliss-reactive ketones (excluding diaryl/α,β-unsaturated/α-hetero) is 1. The summed E-state index contributed by atoms with van der Waals surface area (Å²) in [6.45, 7) is 1.82. The van der Waals surface area contributed by atoms with E-state index in [0.717, 1.165) is 37.9 Å². The summed E-state index contributed by atoms with van der Waals surface area (Å²) in [6.07, 6.45) is 3.18. The topological polar surface area (TPSA) is 60.9 Å². The van der Waals surface area contributed by atoms with Gasteiger partial charge in [-0.15, -0.1) is 0 Å². The van der Waals surface area contributed by atoms with Gasteiger partial charge in [-0.2, -0.15) is 0 Å². The van der Waals surface area contributed by atoms with Gasteiger partial charge in [0.2, 0.25) is 0 Å². The van der Waals surface area contributed by atoms with E-state index in [9.17, 15) is 14.7 Å². The summed E-state index contributed by atoms with van der Waals surface area (Å²) in [5.41, 5.74) is 1.27. The van der Waals surface area contributed by atoms with Gasteiger partial charge in [0.1, 0.15) is 11.6 Å². The summed E-state index contributed by atoms with van der Waals surface area (Å²) < 4.78 is 15.2. The molecule has 8 heteroatoms.